The molecule has 1 aromatic heterocycles. The third kappa shape index (κ3) is 5.79. The van der Waals surface area contributed by atoms with Crippen molar-refractivity contribution < 1.29 is 9.53 Å². The Morgan fingerprint density at radius 3 is 2.55 bits per heavy atom. The molecule has 1 heterocycles. The van der Waals surface area contributed by atoms with Crippen molar-refractivity contribution in [2.45, 2.75) is 34.2 Å². The second-order valence-electron chi connectivity index (χ2n) is 8.73. The van der Waals surface area contributed by atoms with E-state index in [1.807, 2.05) is 38.1 Å². The lowest BCUT2D eigenvalue weighted by atomic mass is 10.1. The fraction of sp³-hybridized carbons (Fsp3) is 0.400. The van der Waals surface area contributed by atoms with E-state index in [0.29, 0.717) is 12.5 Å². The van der Waals surface area contributed by atoms with Crippen LogP contribution in [0.1, 0.15) is 25.0 Å². The molecule has 0 bridgehead atoms. The summed E-state index contributed by atoms with van der Waals surface area (Å²) in [6.07, 6.45) is 2.09. The van der Waals surface area contributed by atoms with Crippen LogP contribution in [0.2, 0.25) is 0 Å². The number of carbonyl (C=O) groups excluding carboxylic acids is 1. The molecule has 6 heteroatoms. The number of nitrogens with zero attached hydrogens (tertiary/aromatic N) is 2. The average Bonchev–Trinajstić information content (AvgIpc) is 3.11. The summed E-state index contributed by atoms with van der Waals surface area (Å²) in [5.74, 6) is 1.33. The lowest BCUT2D eigenvalue weighted by Gasteiger charge is -2.16. The summed E-state index contributed by atoms with van der Waals surface area (Å²) in [6.45, 7) is 10.8. The zero-order valence-corrected chi connectivity index (χ0v) is 19.5. The molecule has 2 N–H and O–H groups in total. The molecule has 3 rings (SSSR count). The molecule has 0 aliphatic carbocycles. The van der Waals surface area contributed by atoms with Crippen LogP contribution in [0, 0.1) is 19.8 Å². The molecule has 0 spiro atoms. The normalized spacial score (nSPS) is 11.4. The lowest BCUT2D eigenvalue weighted by molar-refractivity contribution is 0.262. The summed E-state index contributed by atoms with van der Waals surface area (Å²) in [5, 5.41) is 7.01. The van der Waals surface area contributed by atoms with Gasteiger partial charge in [0.15, 0.2) is 0 Å². The van der Waals surface area contributed by atoms with Crippen molar-refractivity contribution in [2.75, 3.05) is 37.9 Å². The summed E-state index contributed by atoms with van der Waals surface area (Å²) in [6, 6.07) is 11.6. The molecule has 2 aromatic carbocycles. The molecule has 0 atom stereocenters. The van der Waals surface area contributed by atoms with Crippen LogP contribution in [-0.4, -0.2) is 42.7 Å². The zero-order valence-electron chi connectivity index (χ0n) is 19.5. The number of rotatable bonds is 8. The quantitative estimate of drug-likeness (QED) is 0.504. The largest absolute Gasteiger partial charge is 0.493 e. The van der Waals surface area contributed by atoms with E-state index < -0.39 is 0 Å². The van der Waals surface area contributed by atoms with Gasteiger partial charge < -0.3 is 24.8 Å². The molecule has 31 heavy (non-hydrogen) atoms. The standard InChI is InChI=1S/C25H34N4O2/c1-17(2)16-31-24-10-8-22(18(3)19(24)4)27-25(30)26-21-7-9-23-20(15-21)11-12-29(23)14-13-28(5)6/h7-12,15,17H,13-14,16H2,1-6H3,(H2,26,27,30). The smallest absolute Gasteiger partial charge is 0.323 e. The third-order valence-corrected chi connectivity index (χ3v) is 5.37. The SMILES string of the molecule is Cc1c(NC(=O)Nc2ccc3c(ccn3CCN(C)C)c2)ccc(OCC(C)C)c1C. The van der Waals surface area contributed by atoms with Gasteiger partial charge in [-0.2, -0.15) is 0 Å². The van der Waals surface area contributed by atoms with Gasteiger partial charge in [-0.15, -0.1) is 0 Å². The van der Waals surface area contributed by atoms with Crippen LogP contribution >= 0.6 is 0 Å². The van der Waals surface area contributed by atoms with Gasteiger partial charge in [-0.05, 0) is 81.4 Å². The molecular formula is C25H34N4O2. The van der Waals surface area contributed by atoms with Gasteiger partial charge in [0.05, 0.1) is 6.61 Å². The van der Waals surface area contributed by atoms with Gasteiger partial charge in [-0.25, -0.2) is 4.79 Å². The highest BCUT2D eigenvalue weighted by Gasteiger charge is 2.11. The number of aromatic nitrogens is 1. The number of nitrogens with one attached hydrogen (secondary N) is 2. The molecule has 0 fully saturated rings. The van der Waals surface area contributed by atoms with E-state index in [1.165, 1.54) is 0 Å². The first-order valence-corrected chi connectivity index (χ1v) is 10.8. The van der Waals surface area contributed by atoms with E-state index in [4.69, 9.17) is 4.74 Å². The Labute approximate surface area is 185 Å². The van der Waals surface area contributed by atoms with Crippen LogP contribution in [0.5, 0.6) is 5.75 Å². The Balaban J connectivity index is 1.66. The molecule has 2 amide bonds. The maximum absolute atomic E-state index is 12.6. The second-order valence-corrected chi connectivity index (χ2v) is 8.73. The summed E-state index contributed by atoms with van der Waals surface area (Å²) >= 11 is 0. The number of urea groups is 1. The first-order chi connectivity index (χ1) is 14.7. The molecule has 0 unspecified atom stereocenters. The van der Waals surface area contributed by atoms with Crippen molar-refractivity contribution in [3.05, 3.63) is 53.7 Å². The molecule has 3 aromatic rings. The number of amides is 2. The van der Waals surface area contributed by atoms with E-state index in [9.17, 15) is 4.79 Å². The van der Waals surface area contributed by atoms with Crippen molar-refractivity contribution in [1.29, 1.82) is 0 Å². The first kappa shape index (κ1) is 22.7. The Kier molecular flexibility index (Phi) is 7.23. The van der Waals surface area contributed by atoms with Crippen LogP contribution in [-0.2, 0) is 6.54 Å². The average molecular weight is 423 g/mol. The fourth-order valence-electron chi connectivity index (χ4n) is 3.41. The van der Waals surface area contributed by atoms with Gasteiger partial charge in [-0.1, -0.05) is 13.8 Å². The third-order valence-electron chi connectivity index (χ3n) is 5.37. The minimum atomic E-state index is -0.260. The Morgan fingerprint density at radius 2 is 1.84 bits per heavy atom. The number of hydrogen-bond donors (Lipinski definition) is 2. The Morgan fingerprint density at radius 1 is 1.06 bits per heavy atom. The van der Waals surface area contributed by atoms with Crippen molar-refractivity contribution in [1.82, 2.24) is 9.47 Å². The van der Waals surface area contributed by atoms with Gasteiger partial charge in [0.1, 0.15) is 5.75 Å². The monoisotopic (exact) mass is 422 g/mol. The highest BCUT2D eigenvalue weighted by Crippen LogP contribution is 2.28. The number of carbonyl (C=O) groups is 1. The number of hydrogen-bond acceptors (Lipinski definition) is 3. The van der Waals surface area contributed by atoms with Gasteiger partial charge in [0, 0.05) is 41.6 Å². The van der Waals surface area contributed by atoms with Gasteiger partial charge in [0.25, 0.3) is 0 Å². The minimum absolute atomic E-state index is 0.260. The van der Waals surface area contributed by atoms with E-state index in [-0.39, 0.29) is 6.03 Å². The number of fused-ring (bicyclic) bond motifs is 1. The van der Waals surface area contributed by atoms with Crippen molar-refractivity contribution in [3.63, 3.8) is 0 Å². The summed E-state index contributed by atoms with van der Waals surface area (Å²) < 4.78 is 8.11. The topological polar surface area (TPSA) is 58.5 Å². The Bertz CT molecular complexity index is 1050. The summed E-state index contributed by atoms with van der Waals surface area (Å²) in [5.41, 5.74) is 4.75. The Hall–Kier alpha value is -2.99. The molecule has 166 valence electrons. The second kappa shape index (κ2) is 9.88. The molecule has 0 radical (unpaired) electrons. The lowest BCUT2D eigenvalue weighted by Crippen LogP contribution is -2.20. The minimum Gasteiger partial charge on any atom is -0.493 e. The van der Waals surface area contributed by atoms with Crippen LogP contribution in [0.25, 0.3) is 10.9 Å². The van der Waals surface area contributed by atoms with Crippen molar-refractivity contribution in [2.24, 2.45) is 5.92 Å². The fourth-order valence-corrected chi connectivity index (χ4v) is 3.41. The van der Waals surface area contributed by atoms with Crippen LogP contribution in [0.4, 0.5) is 16.2 Å². The number of anilines is 2. The molecule has 0 aliphatic rings. The maximum atomic E-state index is 12.6. The van der Waals surface area contributed by atoms with Crippen LogP contribution < -0.4 is 15.4 Å². The van der Waals surface area contributed by atoms with Crippen LogP contribution in [0.15, 0.2) is 42.6 Å². The zero-order chi connectivity index (χ0) is 22.5. The van der Waals surface area contributed by atoms with Gasteiger partial charge >= 0.3 is 6.03 Å². The number of benzene rings is 2. The predicted molar refractivity (Wildman–Crippen MR) is 129 cm³/mol. The van der Waals surface area contributed by atoms with E-state index in [2.05, 4.69) is 66.4 Å². The maximum Gasteiger partial charge on any atom is 0.323 e. The number of likely N-dealkylation sites (N-methyl/N-ethyl adjacent to an activating group) is 1. The van der Waals surface area contributed by atoms with Gasteiger partial charge in [-0.3, -0.25) is 0 Å². The predicted octanol–water partition coefficient (Wildman–Crippen LogP) is 5.50. The van der Waals surface area contributed by atoms with E-state index in [0.717, 1.165) is 52.2 Å². The first-order valence-electron chi connectivity index (χ1n) is 10.8. The van der Waals surface area contributed by atoms with E-state index >= 15 is 0 Å². The molecule has 0 saturated carbocycles. The van der Waals surface area contributed by atoms with Crippen LogP contribution in [0.3, 0.4) is 0 Å². The summed E-state index contributed by atoms with van der Waals surface area (Å²) in [4.78, 5) is 14.8. The van der Waals surface area contributed by atoms with Gasteiger partial charge in [0.2, 0.25) is 0 Å². The molecule has 6 nitrogen and oxygen atoms in total. The molecule has 0 saturated heterocycles. The molecular weight excluding hydrogens is 388 g/mol. The number of ether oxygens (including phenoxy) is 1. The molecule has 0 aliphatic heterocycles. The highest BCUT2D eigenvalue weighted by molar-refractivity contribution is 6.01. The highest BCUT2D eigenvalue weighted by atomic mass is 16.5. The summed E-state index contributed by atoms with van der Waals surface area (Å²) in [7, 11) is 4.14. The van der Waals surface area contributed by atoms with Crippen molar-refractivity contribution in [3.8, 4) is 5.75 Å². The van der Waals surface area contributed by atoms with Crippen molar-refractivity contribution >= 4 is 28.3 Å². The van der Waals surface area contributed by atoms with E-state index in [1.54, 1.807) is 0 Å².